The van der Waals surface area contributed by atoms with Crippen LogP contribution in [-0.4, -0.2) is 11.7 Å². The second kappa shape index (κ2) is 4.33. The lowest BCUT2D eigenvalue weighted by atomic mass is 9.86. The lowest BCUT2D eigenvalue weighted by Gasteiger charge is -2.18. The molecule has 1 aromatic carbocycles. The number of benzene rings is 1. The highest BCUT2D eigenvalue weighted by molar-refractivity contribution is 5.46. The third kappa shape index (κ3) is 1.81. The van der Waals surface area contributed by atoms with Crippen molar-refractivity contribution < 1.29 is 14.4 Å². The van der Waals surface area contributed by atoms with Gasteiger partial charge in [-0.1, -0.05) is 6.07 Å². The lowest BCUT2D eigenvalue weighted by molar-refractivity contribution is -0.431. The summed E-state index contributed by atoms with van der Waals surface area (Å²) in [4.78, 5) is 10.8. The maximum atomic E-state index is 11.1. The van der Waals surface area contributed by atoms with Gasteiger partial charge in [-0.05, 0) is 43.0 Å². The van der Waals surface area contributed by atoms with E-state index < -0.39 is 0 Å². The summed E-state index contributed by atoms with van der Waals surface area (Å²) in [5.41, 5.74) is 1.24. The first-order valence-electron chi connectivity index (χ1n) is 5.99. The van der Waals surface area contributed by atoms with Crippen LogP contribution in [0.3, 0.4) is 0 Å². The van der Waals surface area contributed by atoms with Gasteiger partial charge in [-0.25, -0.2) is 0 Å². The van der Waals surface area contributed by atoms with Crippen LogP contribution in [0.2, 0.25) is 0 Å². The van der Waals surface area contributed by atoms with Crippen LogP contribution in [0.25, 0.3) is 0 Å². The Morgan fingerprint density at radius 3 is 2.94 bits per heavy atom. The number of allylic oxidation sites excluding steroid dienone is 2. The van der Waals surface area contributed by atoms with Gasteiger partial charge in [0.05, 0.1) is 10.8 Å². The van der Waals surface area contributed by atoms with Crippen molar-refractivity contribution >= 4 is 0 Å². The minimum absolute atomic E-state index is 0.136. The van der Waals surface area contributed by atoms with Gasteiger partial charge < -0.3 is 9.47 Å². The van der Waals surface area contributed by atoms with Gasteiger partial charge >= 0.3 is 0 Å². The zero-order valence-electron chi connectivity index (χ0n) is 9.80. The van der Waals surface area contributed by atoms with E-state index in [2.05, 4.69) is 0 Å². The molecule has 94 valence electrons. The summed E-state index contributed by atoms with van der Waals surface area (Å²) in [6, 6.07) is 5.57. The molecule has 3 rings (SSSR count). The summed E-state index contributed by atoms with van der Waals surface area (Å²) in [7, 11) is 0. The monoisotopic (exact) mass is 247 g/mol. The van der Waals surface area contributed by atoms with Gasteiger partial charge in [0.1, 0.15) is 0 Å². The largest absolute Gasteiger partial charge is 0.454 e. The molecule has 5 nitrogen and oxygen atoms in total. The van der Waals surface area contributed by atoms with E-state index in [0.29, 0.717) is 17.2 Å². The Labute approximate surface area is 104 Å². The topological polar surface area (TPSA) is 61.6 Å². The average Bonchev–Trinajstić information content (AvgIpc) is 2.85. The highest BCUT2D eigenvalue weighted by atomic mass is 16.7. The maximum Gasteiger partial charge on any atom is 0.249 e. The van der Waals surface area contributed by atoms with Crippen LogP contribution >= 0.6 is 0 Å². The molecule has 1 aliphatic carbocycles. The molecule has 0 spiro atoms. The molecule has 0 aromatic heterocycles. The van der Waals surface area contributed by atoms with Gasteiger partial charge in [-0.3, -0.25) is 10.1 Å². The van der Waals surface area contributed by atoms with E-state index in [4.69, 9.17) is 9.47 Å². The van der Waals surface area contributed by atoms with Crippen molar-refractivity contribution in [1.82, 2.24) is 0 Å². The Balaban J connectivity index is 1.96. The van der Waals surface area contributed by atoms with Crippen molar-refractivity contribution in [2.45, 2.75) is 25.2 Å². The van der Waals surface area contributed by atoms with E-state index in [-0.39, 0.29) is 17.6 Å². The van der Waals surface area contributed by atoms with E-state index in [1.54, 1.807) is 6.08 Å². The minimum atomic E-state index is -0.269. The molecule has 1 aromatic rings. The molecule has 1 atom stereocenters. The summed E-state index contributed by atoms with van der Waals surface area (Å²) in [5, 5.41) is 11.1. The Morgan fingerprint density at radius 2 is 2.11 bits per heavy atom. The van der Waals surface area contributed by atoms with Gasteiger partial charge in [0.25, 0.3) is 0 Å². The van der Waals surface area contributed by atoms with Crippen LogP contribution in [-0.2, 0) is 0 Å². The van der Waals surface area contributed by atoms with Crippen LogP contribution in [0.5, 0.6) is 11.5 Å². The van der Waals surface area contributed by atoms with Gasteiger partial charge in [0, 0.05) is 0 Å². The van der Waals surface area contributed by atoms with Crippen molar-refractivity contribution in [2.24, 2.45) is 0 Å². The Kier molecular flexibility index (Phi) is 2.66. The van der Waals surface area contributed by atoms with E-state index >= 15 is 0 Å². The number of nitrogens with zero attached hydrogens (tertiary/aromatic N) is 1. The predicted molar refractivity (Wildman–Crippen MR) is 64.2 cm³/mol. The third-order valence-electron chi connectivity index (χ3n) is 3.42. The second-order valence-corrected chi connectivity index (χ2v) is 4.48. The molecule has 0 fully saturated rings. The van der Waals surface area contributed by atoms with E-state index in [1.807, 2.05) is 18.2 Å². The van der Waals surface area contributed by atoms with Crippen molar-refractivity contribution in [3.05, 3.63) is 45.6 Å². The molecule has 0 N–H and O–H groups in total. The molecular formula is C13H13NO4. The number of fused-ring (bicyclic) bond motifs is 1. The van der Waals surface area contributed by atoms with Gasteiger partial charge in [-0.15, -0.1) is 0 Å². The van der Waals surface area contributed by atoms with Crippen LogP contribution in [0.1, 0.15) is 30.7 Å². The van der Waals surface area contributed by atoms with E-state index in [1.165, 1.54) is 0 Å². The standard InChI is InChI=1S/C13H13NO4/c15-14(16)11-4-2-1-3-10(11)9-5-6-12-13(7-9)18-8-17-12/h4-7,10H,1-3,8H2/t10-/m1/s1. The fourth-order valence-electron chi connectivity index (χ4n) is 2.53. The number of nitro groups is 1. The number of rotatable bonds is 2. The number of hydrogen-bond donors (Lipinski definition) is 0. The quantitative estimate of drug-likeness (QED) is 0.595. The van der Waals surface area contributed by atoms with Crippen LogP contribution < -0.4 is 9.47 Å². The normalized spacial score (nSPS) is 21.6. The highest BCUT2D eigenvalue weighted by Gasteiger charge is 2.29. The molecular weight excluding hydrogens is 234 g/mol. The highest BCUT2D eigenvalue weighted by Crippen LogP contribution is 2.39. The first-order chi connectivity index (χ1) is 8.75. The van der Waals surface area contributed by atoms with Crippen LogP contribution in [0, 0.1) is 10.1 Å². The zero-order chi connectivity index (χ0) is 12.5. The Morgan fingerprint density at radius 1 is 1.28 bits per heavy atom. The van der Waals surface area contributed by atoms with Crippen molar-refractivity contribution in [1.29, 1.82) is 0 Å². The summed E-state index contributed by atoms with van der Waals surface area (Å²) < 4.78 is 10.6. The molecule has 0 unspecified atom stereocenters. The molecule has 5 heteroatoms. The fourth-order valence-corrected chi connectivity index (χ4v) is 2.53. The molecule has 0 saturated heterocycles. The first kappa shape index (κ1) is 11.1. The average molecular weight is 247 g/mol. The smallest absolute Gasteiger partial charge is 0.249 e. The lowest BCUT2D eigenvalue weighted by Crippen LogP contribution is -2.13. The Hall–Kier alpha value is -2.04. The SMILES string of the molecule is O=[N+]([O-])C1=CCCC[C@@H]1c1ccc2c(c1)OCO2. The van der Waals surface area contributed by atoms with Crippen LogP contribution in [0.15, 0.2) is 30.0 Å². The number of hydrogen-bond acceptors (Lipinski definition) is 4. The summed E-state index contributed by atoms with van der Waals surface area (Å²) in [5.74, 6) is 1.25. The first-order valence-corrected chi connectivity index (χ1v) is 5.99. The summed E-state index contributed by atoms with van der Waals surface area (Å²) in [6.45, 7) is 0.224. The molecule has 0 saturated carbocycles. The molecule has 0 bridgehead atoms. The van der Waals surface area contributed by atoms with Crippen molar-refractivity contribution in [3.8, 4) is 11.5 Å². The van der Waals surface area contributed by atoms with Gasteiger partial charge in [-0.2, -0.15) is 0 Å². The molecule has 1 aliphatic heterocycles. The van der Waals surface area contributed by atoms with E-state index in [0.717, 1.165) is 24.8 Å². The van der Waals surface area contributed by atoms with Crippen LogP contribution in [0.4, 0.5) is 0 Å². The van der Waals surface area contributed by atoms with Crippen molar-refractivity contribution in [3.63, 3.8) is 0 Å². The third-order valence-corrected chi connectivity index (χ3v) is 3.42. The maximum absolute atomic E-state index is 11.1. The van der Waals surface area contributed by atoms with Crippen molar-refractivity contribution in [2.75, 3.05) is 6.79 Å². The van der Waals surface area contributed by atoms with Gasteiger partial charge in [0.2, 0.25) is 12.5 Å². The predicted octanol–water partition coefficient (Wildman–Crippen LogP) is 2.84. The molecule has 1 heterocycles. The molecule has 0 amide bonds. The summed E-state index contributed by atoms with van der Waals surface area (Å²) in [6.07, 6.45) is 4.32. The fraction of sp³-hybridized carbons (Fsp3) is 0.385. The summed E-state index contributed by atoms with van der Waals surface area (Å²) >= 11 is 0. The Bertz CT molecular complexity index is 524. The zero-order valence-corrected chi connectivity index (χ0v) is 9.80. The minimum Gasteiger partial charge on any atom is -0.454 e. The van der Waals surface area contributed by atoms with Gasteiger partial charge in [0.15, 0.2) is 11.5 Å². The number of ether oxygens (including phenoxy) is 2. The second-order valence-electron chi connectivity index (χ2n) is 4.48. The molecule has 18 heavy (non-hydrogen) atoms. The molecule has 0 radical (unpaired) electrons. The van der Waals surface area contributed by atoms with E-state index in [9.17, 15) is 10.1 Å². The molecule has 2 aliphatic rings.